The standard InChI is InChI=1S/C19H23N3O3/c1-13-6-7-22-14(11-21-19(22)8-13)10-20-12-17(23)16-9-15(24-2)4-5-18(16)25-3/h4-9,11,17,20,23H,10,12H2,1-3H3. The predicted octanol–water partition coefficient (Wildman–Crippen LogP) is 2.48. The van der Waals surface area contributed by atoms with Gasteiger partial charge >= 0.3 is 0 Å². The minimum atomic E-state index is -0.702. The lowest BCUT2D eigenvalue weighted by molar-refractivity contribution is 0.169. The van der Waals surface area contributed by atoms with Crippen LogP contribution in [-0.2, 0) is 6.54 Å². The Kier molecular flexibility index (Phi) is 5.21. The summed E-state index contributed by atoms with van der Waals surface area (Å²) >= 11 is 0. The minimum absolute atomic E-state index is 0.391. The summed E-state index contributed by atoms with van der Waals surface area (Å²) in [5.74, 6) is 1.33. The van der Waals surface area contributed by atoms with Crippen molar-refractivity contribution in [2.24, 2.45) is 0 Å². The monoisotopic (exact) mass is 341 g/mol. The van der Waals surface area contributed by atoms with E-state index >= 15 is 0 Å². The molecule has 0 aliphatic rings. The highest BCUT2D eigenvalue weighted by Crippen LogP contribution is 2.29. The molecule has 6 heteroatoms. The number of aliphatic hydroxyl groups excluding tert-OH is 1. The summed E-state index contributed by atoms with van der Waals surface area (Å²) in [4.78, 5) is 4.41. The van der Waals surface area contributed by atoms with Gasteiger partial charge in [-0.05, 0) is 42.8 Å². The number of hydrogen-bond acceptors (Lipinski definition) is 5. The predicted molar refractivity (Wildman–Crippen MR) is 96.1 cm³/mol. The minimum Gasteiger partial charge on any atom is -0.497 e. The second-order valence-electron chi connectivity index (χ2n) is 5.94. The summed E-state index contributed by atoms with van der Waals surface area (Å²) in [6.45, 7) is 3.04. The van der Waals surface area contributed by atoms with E-state index in [1.807, 2.05) is 41.9 Å². The van der Waals surface area contributed by atoms with Crippen LogP contribution in [-0.4, -0.2) is 35.3 Å². The van der Waals surface area contributed by atoms with E-state index in [2.05, 4.69) is 10.3 Å². The number of hydrogen-bond donors (Lipinski definition) is 2. The van der Waals surface area contributed by atoms with Crippen LogP contribution in [0.3, 0.4) is 0 Å². The Morgan fingerprint density at radius 1 is 1.20 bits per heavy atom. The molecule has 0 bridgehead atoms. The fourth-order valence-corrected chi connectivity index (χ4v) is 2.81. The molecule has 2 N–H and O–H groups in total. The molecule has 0 fully saturated rings. The molecule has 3 rings (SSSR count). The van der Waals surface area contributed by atoms with Crippen molar-refractivity contribution >= 4 is 5.65 Å². The molecule has 0 aliphatic carbocycles. The average Bonchev–Trinajstić information content (AvgIpc) is 3.03. The van der Waals surface area contributed by atoms with Crippen molar-refractivity contribution in [2.75, 3.05) is 20.8 Å². The van der Waals surface area contributed by atoms with E-state index in [4.69, 9.17) is 9.47 Å². The van der Waals surface area contributed by atoms with Gasteiger partial charge in [-0.1, -0.05) is 0 Å². The van der Waals surface area contributed by atoms with E-state index in [-0.39, 0.29) is 0 Å². The van der Waals surface area contributed by atoms with Gasteiger partial charge < -0.3 is 24.3 Å². The molecule has 6 nitrogen and oxygen atoms in total. The number of nitrogens with one attached hydrogen (secondary N) is 1. The first-order valence-corrected chi connectivity index (χ1v) is 8.15. The van der Waals surface area contributed by atoms with Crippen molar-refractivity contribution in [3.63, 3.8) is 0 Å². The number of aliphatic hydroxyl groups is 1. The molecule has 132 valence electrons. The number of imidazole rings is 1. The van der Waals surface area contributed by atoms with E-state index in [0.29, 0.717) is 30.2 Å². The number of methoxy groups -OCH3 is 2. The fourth-order valence-electron chi connectivity index (χ4n) is 2.81. The molecule has 0 saturated carbocycles. The molecule has 2 aromatic heterocycles. The maximum absolute atomic E-state index is 10.5. The zero-order valence-corrected chi connectivity index (χ0v) is 14.7. The Morgan fingerprint density at radius 2 is 2.04 bits per heavy atom. The Bertz CT molecular complexity index is 860. The van der Waals surface area contributed by atoms with E-state index in [1.54, 1.807) is 26.4 Å². The number of fused-ring (bicyclic) bond motifs is 1. The first-order chi connectivity index (χ1) is 12.1. The molecule has 25 heavy (non-hydrogen) atoms. The summed E-state index contributed by atoms with van der Waals surface area (Å²) in [7, 11) is 3.19. The van der Waals surface area contributed by atoms with Crippen LogP contribution in [0.1, 0.15) is 22.9 Å². The van der Waals surface area contributed by atoms with Crippen molar-refractivity contribution in [2.45, 2.75) is 19.6 Å². The maximum Gasteiger partial charge on any atom is 0.137 e. The molecule has 0 spiro atoms. The molecule has 0 radical (unpaired) electrons. The van der Waals surface area contributed by atoms with Crippen molar-refractivity contribution < 1.29 is 14.6 Å². The van der Waals surface area contributed by atoms with Gasteiger partial charge in [0.1, 0.15) is 17.1 Å². The Labute approximate surface area is 147 Å². The summed E-state index contributed by atoms with van der Waals surface area (Å²) in [6.07, 6.45) is 3.16. The number of benzene rings is 1. The maximum atomic E-state index is 10.5. The van der Waals surface area contributed by atoms with Gasteiger partial charge in [0.2, 0.25) is 0 Å². The van der Waals surface area contributed by atoms with Crippen LogP contribution in [0.2, 0.25) is 0 Å². The molecule has 1 atom stereocenters. The Hall–Kier alpha value is -2.57. The third-order valence-corrected chi connectivity index (χ3v) is 4.19. The van der Waals surface area contributed by atoms with Crippen molar-refractivity contribution in [1.29, 1.82) is 0 Å². The number of aryl methyl sites for hydroxylation is 1. The third-order valence-electron chi connectivity index (χ3n) is 4.19. The highest BCUT2D eigenvalue weighted by Gasteiger charge is 2.14. The first kappa shape index (κ1) is 17.3. The van der Waals surface area contributed by atoms with Crippen LogP contribution in [0.25, 0.3) is 5.65 Å². The molecular formula is C19H23N3O3. The Morgan fingerprint density at radius 3 is 2.80 bits per heavy atom. The van der Waals surface area contributed by atoms with E-state index in [0.717, 1.165) is 11.3 Å². The summed E-state index contributed by atoms with van der Waals surface area (Å²) < 4.78 is 12.6. The lowest BCUT2D eigenvalue weighted by Crippen LogP contribution is -2.22. The van der Waals surface area contributed by atoms with Crippen LogP contribution < -0.4 is 14.8 Å². The molecule has 1 aromatic carbocycles. The molecule has 3 aromatic rings. The molecule has 0 aliphatic heterocycles. The summed E-state index contributed by atoms with van der Waals surface area (Å²) in [6, 6.07) is 9.49. The lowest BCUT2D eigenvalue weighted by atomic mass is 10.1. The number of ether oxygens (including phenoxy) is 2. The SMILES string of the molecule is COc1ccc(OC)c(C(O)CNCc2cnc3cc(C)ccn23)c1. The summed E-state index contributed by atoms with van der Waals surface area (Å²) in [5, 5.41) is 13.8. The van der Waals surface area contributed by atoms with Crippen molar-refractivity contribution in [3.05, 3.63) is 59.5 Å². The van der Waals surface area contributed by atoms with Gasteiger partial charge in [0.05, 0.1) is 32.2 Å². The highest BCUT2D eigenvalue weighted by molar-refractivity contribution is 5.43. The van der Waals surface area contributed by atoms with E-state index in [1.165, 1.54) is 5.56 Å². The van der Waals surface area contributed by atoms with Crippen molar-refractivity contribution in [3.8, 4) is 11.5 Å². The molecule has 2 heterocycles. The number of aromatic nitrogens is 2. The van der Waals surface area contributed by atoms with Gasteiger partial charge in [-0.15, -0.1) is 0 Å². The Balaban J connectivity index is 1.67. The molecule has 0 saturated heterocycles. The van der Waals surface area contributed by atoms with Crippen LogP contribution in [0, 0.1) is 6.92 Å². The molecule has 1 unspecified atom stereocenters. The van der Waals surface area contributed by atoms with Gasteiger partial charge in [-0.25, -0.2) is 4.98 Å². The van der Waals surface area contributed by atoms with Crippen molar-refractivity contribution in [1.82, 2.24) is 14.7 Å². The number of pyridine rings is 1. The number of nitrogens with zero attached hydrogens (tertiary/aromatic N) is 2. The lowest BCUT2D eigenvalue weighted by Gasteiger charge is -2.16. The average molecular weight is 341 g/mol. The number of rotatable bonds is 7. The van der Waals surface area contributed by atoms with Gasteiger partial charge in [-0.3, -0.25) is 0 Å². The molecular weight excluding hydrogens is 318 g/mol. The largest absolute Gasteiger partial charge is 0.497 e. The second kappa shape index (κ2) is 7.55. The molecule has 0 amide bonds. The first-order valence-electron chi connectivity index (χ1n) is 8.15. The summed E-state index contributed by atoms with van der Waals surface area (Å²) in [5.41, 5.74) is 3.84. The second-order valence-corrected chi connectivity index (χ2v) is 5.94. The highest BCUT2D eigenvalue weighted by atomic mass is 16.5. The fraction of sp³-hybridized carbons (Fsp3) is 0.316. The van der Waals surface area contributed by atoms with Gasteiger partial charge in [0.25, 0.3) is 0 Å². The van der Waals surface area contributed by atoms with Crippen LogP contribution >= 0.6 is 0 Å². The van der Waals surface area contributed by atoms with Crippen LogP contribution in [0.4, 0.5) is 0 Å². The normalized spacial score (nSPS) is 12.3. The van der Waals surface area contributed by atoms with Crippen LogP contribution in [0.15, 0.2) is 42.7 Å². The van der Waals surface area contributed by atoms with E-state index in [9.17, 15) is 5.11 Å². The van der Waals surface area contributed by atoms with Crippen LogP contribution in [0.5, 0.6) is 11.5 Å². The van der Waals surface area contributed by atoms with Gasteiger partial charge in [0.15, 0.2) is 0 Å². The van der Waals surface area contributed by atoms with E-state index < -0.39 is 6.10 Å². The quantitative estimate of drug-likeness (QED) is 0.691. The zero-order chi connectivity index (χ0) is 17.8. The zero-order valence-electron chi connectivity index (χ0n) is 14.7. The topological polar surface area (TPSA) is 68.0 Å². The van der Waals surface area contributed by atoms with Gasteiger partial charge in [0, 0.05) is 24.8 Å². The van der Waals surface area contributed by atoms with Gasteiger partial charge in [-0.2, -0.15) is 0 Å². The third kappa shape index (κ3) is 3.75. The smallest absolute Gasteiger partial charge is 0.137 e.